The van der Waals surface area contributed by atoms with Crippen molar-refractivity contribution in [1.29, 1.82) is 0 Å². The predicted molar refractivity (Wildman–Crippen MR) is 396 cm³/mol. The minimum absolute atomic E-state index is 0.0770. The van der Waals surface area contributed by atoms with Crippen LogP contribution in [0.2, 0.25) is 0 Å². The summed E-state index contributed by atoms with van der Waals surface area (Å²) >= 11 is 4.55. The number of thiazole rings is 2. The van der Waals surface area contributed by atoms with Crippen molar-refractivity contribution in [2.75, 3.05) is 52.5 Å². The first-order valence-corrected chi connectivity index (χ1v) is 37.9. The topological polar surface area (TPSA) is 353 Å². The Bertz CT molecular complexity index is 3580. The maximum absolute atomic E-state index is 14.8. The molecule has 0 spiro atoms. The van der Waals surface area contributed by atoms with Crippen LogP contribution in [0.3, 0.4) is 0 Å². The van der Waals surface area contributed by atoms with Crippen LogP contribution in [0.1, 0.15) is 159 Å². The molecule has 1 aliphatic rings. The van der Waals surface area contributed by atoms with Crippen LogP contribution in [0.25, 0.3) is 10.2 Å². The van der Waals surface area contributed by atoms with Gasteiger partial charge in [0.25, 0.3) is 5.91 Å². The number of hydrogen-bond donors (Lipinski definition) is 9. The highest BCUT2D eigenvalue weighted by molar-refractivity contribution is 8.00. The number of methoxy groups -OCH3 is 2. The van der Waals surface area contributed by atoms with Gasteiger partial charge in [0, 0.05) is 70.2 Å². The summed E-state index contributed by atoms with van der Waals surface area (Å²) in [6.45, 7) is 16.6. The van der Waals surface area contributed by atoms with Crippen LogP contribution < -0.4 is 48.3 Å². The van der Waals surface area contributed by atoms with Gasteiger partial charge in [-0.1, -0.05) is 116 Å². The number of ether oxygens (including phenoxy) is 3. The number of amides is 11. The molecule has 1 saturated heterocycles. The average Bonchev–Trinajstić information content (AvgIpc) is 1.19. The van der Waals surface area contributed by atoms with Crippen molar-refractivity contribution >= 4 is 110 Å². The molecule has 0 radical (unpaired) electrons. The lowest BCUT2D eigenvalue weighted by molar-refractivity contribution is -0.148. The van der Waals surface area contributed by atoms with Gasteiger partial charge < -0.3 is 72.3 Å². The van der Waals surface area contributed by atoms with E-state index in [0.29, 0.717) is 74.8 Å². The Kier molecular flexibility index (Phi) is 32.9. The van der Waals surface area contributed by atoms with E-state index in [9.17, 15) is 47.9 Å². The third-order valence-corrected chi connectivity index (χ3v) is 21.3. The number of primary amides is 1. The fourth-order valence-electron chi connectivity index (χ4n) is 12.4. The van der Waals surface area contributed by atoms with Gasteiger partial charge in [-0.3, -0.25) is 38.4 Å². The molecule has 0 bridgehead atoms. The summed E-state index contributed by atoms with van der Waals surface area (Å²) in [5, 5.41) is 25.2. The second-order valence-electron chi connectivity index (χ2n) is 27.1. The van der Waals surface area contributed by atoms with Gasteiger partial charge in [-0.05, 0) is 124 Å². The number of anilines is 1. The molecular weight excluding hydrogens is 1360 g/mol. The van der Waals surface area contributed by atoms with Crippen molar-refractivity contribution in [3.05, 3.63) is 106 Å². The summed E-state index contributed by atoms with van der Waals surface area (Å²) in [7, 11) is 4.70. The Labute approximate surface area is 611 Å². The highest BCUT2D eigenvalue weighted by Gasteiger charge is 2.44. The first-order chi connectivity index (χ1) is 48.6. The molecule has 10 N–H and O–H groups in total. The molecule has 5 aromatic rings. The molecule has 102 heavy (non-hydrogen) atoms. The lowest BCUT2D eigenvalue weighted by atomic mass is 9.89. The zero-order valence-corrected chi connectivity index (χ0v) is 63.5. The van der Waals surface area contributed by atoms with Crippen LogP contribution in [0.15, 0.2) is 88.7 Å². The van der Waals surface area contributed by atoms with Gasteiger partial charge in [0.1, 0.15) is 35.3 Å². The largest absolute Gasteiger partial charge is 0.445 e. The maximum atomic E-state index is 14.8. The molecule has 2 aromatic heterocycles. The number of carbonyl (C=O) groups excluding carboxylic acids is 10. The SMILES string of the molecule is CC[C@H](C)[C@@H]([C@@H](CC(=O)N1CCC[C@H]1[C@H](OC)[C@@H](C)C(=O)N[C@@H](Cc1ccccc1)c1nccs1)OC)N(C)C(=O)[C@@H](NC(=O)C(C)(C)NC(=O)OCc1ccc(NC(=O)[C@H](CCCNC(N)=O)NC(=O)[C@@H](NC(=O)CCCCCNC(=O)c2ccc3nc(SC)sc3c2)C(C)C)cc1)C(C)C. The van der Waals surface area contributed by atoms with Gasteiger partial charge in [-0.25, -0.2) is 19.6 Å². The highest BCUT2D eigenvalue weighted by atomic mass is 32.2. The molecule has 0 unspecified atom stereocenters. The number of nitrogens with zero attached hydrogens (tertiary/aromatic N) is 4. The minimum Gasteiger partial charge on any atom is -0.445 e. The Hall–Kier alpha value is -8.25. The number of rotatable bonds is 40. The number of likely N-dealkylation sites (tertiary alicyclic amines) is 1. The zero-order valence-electron chi connectivity index (χ0n) is 61.0. The zero-order chi connectivity index (χ0) is 74.8. The van der Waals surface area contributed by atoms with Crippen LogP contribution in [0.4, 0.5) is 15.3 Å². The molecule has 0 saturated carbocycles. The number of urea groups is 1. The molecule has 558 valence electrons. The lowest BCUT2D eigenvalue weighted by Gasteiger charge is -2.41. The molecule has 1 aliphatic heterocycles. The Morgan fingerprint density at radius 3 is 2.14 bits per heavy atom. The van der Waals surface area contributed by atoms with E-state index in [2.05, 4.69) is 52.5 Å². The average molecular weight is 1470 g/mol. The number of hydrogen-bond acceptors (Lipinski definition) is 18. The van der Waals surface area contributed by atoms with E-state index in [4.69, 9.17) is 19.9 Å². The summed E-state index contributed by atoms with van der Waals surface area (Å²) in [5.41, 5.74) is 6.98. The highest BCUT2D eigenvalue weighted by Crippen LogP contribution is 2.32. The van der Waals surface area contributed by atoms with E-state index >= 15 is 0 Å². The molecule has 3 heterocycles. The van der Waals surface area contributed by atoms with Gasteiger partial charge in [0.2, 0.25) is 41.4 Å². The maximum Gasteiger partial charge on any atom is 0.408 e. The number of likely N-dealkylation sites (N-methyl/N-ethyl adjacent to an activating group) is 1. The van der Waals surface area contributed by atoms with Gasteiger partial charge in [0.05, 0.1) is 52.9 Å². The number of unbranched alkanes of at least 4 members (excludes halogenated alkanes) is 2. The minimum atomic E-state index is -1.59. The number of thioether (sulfide) groups is 1. The third kappa shape index (κ3) is 24.5. The quantitative estimate of drug-likeness (QED) is 0.0131. The van der Waals surface area contributed by atoms with E-state index in [1.165, 1.54) is 43.6 Å². The molecule has 26 nitrogen and oxygen atoms in total. The van der Waals surface area contributed by atoms with E-state index in [-0.39, 0.29) is 80.3 Å². The fraction of sp³-hybridized carbons (Fsp3) is 0.562. The fourth-order valence-corrected chi connectivity index (χ4v) is 14.6. The molecule has 6 rings (SSSR count). The number of alkyl carbamates (subject to hydrolysis) is 1. The van der Waals surface area contributed by atoms with E-state index in [0.717, 1.165) is 25.1 Å². The summed E-state index contributed by atoms with van der Waals surface area (Å²) in [6, 6.07) is 16.4. The van der Waals surface area contributed by atoms with Crippen LogP contribution in [-0.4, -0.2) is 174 Å². The van der Waals surface area contributed by atoms with Crippen molar-refractivity contribution < 1.29 is 62.2 Å². The standard InChI is InChI=1S/C73H105N13O13S3/c1-14-45(6)61(55(97-11)41-58(88)86-37-22-26-54(86)62(98-12)46(7)63(89)80-53(67-76-36-38-101-67)39-47-23-17-15-18-24-47)85(10)68(93)60(44(4)5)83-69(94)73(8,9)84-71(96)99-42-48-28-31-50(32-29-48)78-65(91)52(25-21-35-77-70(74)95)79-66(92)59(43(2)3)82-57(87)27-19-16-20-34-75-64(90)49-30-33-51-56(40-49)102-72(81-51)100-13/h15,17-18,23-24,28-33,36,38,40,43-46,52-55,59-62H,14,16,19-22,25-27,34-35,37,39,41-42H2,1-13H3,(H,75,90)(H,78,91)(H,79,92)(H,80,89)(H,82,87)(H,83,94)(H,84,96)(H3,74,77,95)/t45-,46+,52-,53-,54-,55+,59-,60-,61-,62+/m0/s1. The van der Waals surface area contributed by atoms with Gasteiger partial charge in [0.15, 0.2) is 4.34 Å². The lowest BCUT2D eigenvalue weighted by Crippen LogP contribution is -2.62. The van der Waals surface area contributed by atoms with Gasteiger partial charge >= 0.3 is 12.1 Å². The van der Waals surface area contributed by atoms with E-state index < -0.39 is 95.5 Å². The van der Waals surface area contributed by atoms with Crippen LogP contribution in [0.5, 0.6) is 0 Å². The molecule has 11 amide bonds. The first kappa shape index (κ1) is 82.7. The van der Waals surface area contributed by atoms with Crippen LogP contribution in [-0.2, 0) is 60.8 Å². The second-order valence-corrected chi connectivity index (χ2v) is 30.1. The number of fused-ring (bicyclic) bond motifs is 1. The molecule has 1 fully saturated rings. The third-order valence-electron chi connectivity index (χ3n) is 18.4. The molecule has 29 heteroatoms. The molecular formula is C73H105N13O13S3. The van der Waals surface area contributed by atoms with Crippen LogP contribution >= 0.6 is 34.4 Å². The molecule has 3 aromatic carbocycles. The second kappa shape index (κ2) is 40.6. The van der Waals surface area contributed by atoms with Gasteiger partial charge in [-0.2, -0.15) is 0 Å². The van der Waals surface area contributed by atoms with Crippen molar-refractivity contribution in [1.82, 2.24) is 57.0 Å². The van der Waals surface area contributed by atoms with Crippen molar-refractivity contribution in [3.63, 3.8) is 0 Å². The smallest absolute Gasteiger partial charge is 0.408 e. The van der Waals surface area contributed by atoms with Crippen molar-refractivity contribution in [2.24, 2.45) is 29.4 Å². The predicted octanol–water partition coefficient (Wildman–Crippen LogP) is 8.64. The number of nitrogens with one attached hydrogen (secondary N) is 8. The number of aromatic nitrogens is 2. The Morgan fingerprint density at radius 1 is 0.794 bits per heavy atom. The summed E-state index contributed by atoms with van der Waals surface area (Å²) in [6.07, 6.45) is 6.04. The Morgan fingerprint density at radius 2 is 1.50 bits per heavy atom. The number of nitrogens with two attached hydrogens (primary N) is 1. The summed E-state index contributed by atoms with van der Waals surface area (Å²) in [4.78, 5) is 149. The van der Waals surface area contributed by atoms with Crippen molar-refractivity contribution in [3.8, 4) is 0 Å². The molecule has 10 atom stereocenters. The summed E-state index contributed by atoms with van der Waals surface area (Å²) < 4.78 is 19.6. The Balaban J connectivity index is 0.984. The summed E-state index contributed by atoms with van der Waals surface area (Å²) in [5.74, 6) is -4.81. The number of benzene rings is 3. The van der Waals surface area contributed by atoms with Gasteiger partial charge in [-0.15, -0.1) is 22.7 Å². The van der Waals surface area contributed by atoms with Crippen LogP contribution in [0, 0.1) is 23.7 Å². The first-order valence-electron chi connectivity index (χ1n) is 35.0. The van der Waals surface area contributed by atoms with Crippen molar-refractivity contribution in [2.45, 2.75) is 198 Å². The monoisotopic (exact) mass is 1470 g/mol. The molecule has 0 aliphatic carbocycles. The van der Waals surface area contributed by atoms with E-state index in [1.54, 1.807) is 99.9 Å². The number of carbonyl (C=O) groups is 10. The van der Waals surface area contributed by atoms with E-state index in [1.807, 2.05) is 74.9 Å². The normalized spacial score (nSPS) is 15.7.